The molecule has 6 nitrogen and oxygen atoms in total. The average Bonchev–Trinajstić information content (AvgIpc) is 2.39. The third-order valence-electron chi connectivity index (χ3n) is 3.00. The lowest BCUT2D eigenvalue weighted by Crippen LogP contribution is -2.25. The highest BCUT2D eigenvalue weighted by atomic mass is 16.4. The fourth-order valence-corrected chi connectivity index (χ4v) is 1.75. The number of hydrogen-bond acceptors (Lipinski definition) is 4. The topological polar surface area (TPSA) is 107 Å². The van der Waals surface area contributed by atoms with E-state index in [0.717, 1.165) is 0 Å². The van der Waals surface area contributed by atoms with Crippen LogP contribution >= 0.6 is 0 Å². The normalized spacial score (nSPS) is 11.8. The second-order valence-electron chi connectivity index (χ2n) is 4.78. The molecule has 6 heteroatoms. The largest absolute Gasteiger partial charge is 0.508 e. The van der Waals surface area contributed by atoms with Crippen LogP contribution in [-0.2, 0) is 4.79 Å². The maximum absolute atomic E-state index is 11.8. The van der Waals surface area contributed by atoms with Gasteiger partial charge in [0.25, 0.3) is 5.91 Å². The highest BCUT2D eigenvalue weighted by molar-refractivity contribution is 5.97. The van der Waals surface area contributed by atoms with Crippen molar-refractivity contribution in [2.24, 2.45) is 5.92 Å². The lowest BCUT2D eigenvalue weighted by molar-refractivity contribution is -0.137. The molecule has 0 heterocycles. The van der Waals surface area contributed by atoms with Crippen molar-refractivity contribution in [3.05, 3.63) is 23.8 Å². The summed E-state index contributed by atoms with van der Waals surface area (Å²) >= 11 is 0. The Bertz CT molecular complexity index is 486. The monoisotopic (exact) mass is 281 g/mol. The summed E-state index contributed by atoms with van der Waals surface area (Å²) in [6, 6.07) is 3.73. The Labute approximate surface area is 117 Å². The molecule has 1 aromatic rings. The van der Waals surface area contributed by atoms with Crippen molar-refractivity contribution < 1.29 is 24.9 Å². The second kappa shape index (κ2) is 7.37. The van der Waals surface area contributed by atoms with E-state index in [1.165, 1.54) is 18.2 Å². The smallest absolute Gasteiger partial charge is 0.303 e. The Balaban J connectivity index is 2.40. The van der Waals surface area contributed by atoms with Crippen molar-refractivity contribution in [2.75, 3.05) is 6.54 Å². The van der Waals surface area contributed by atoms with Crippen LogP contribution < -0.4 is 5.32 Å². The molecule has 0 saturated heterocycles. The van der Waals surface area contributed by atoms with Crippen LogP contribution in [-0.4, -0.2) is 33.7 Å². The summed E-state index contributed by atoms with van der Waals surface area (Å²) in [5.74, 6) is -1.40. The number of amides is 1. The Morgan fingerprint density at radius 3 is 2.60 bits per heavy atom. The van der Waals surface area contributed by atoms with Crippen LogP contribution in [0.3, 0.4) is 0 Å². The third-order valence-corrected chi connectivity index (χ3v) is 3.00. The van der Waals surface area contributed by atoms with Crippen LogP contribution in [0.4, 0.5) is 0 Å². The van der Waals surface area contributed by atoms with Gasteiger partial charge in [0.2, 0.25) is 0 Å². The molecule has 1 unspecified atom stereocenters. The number of phenolic OH excluding ortho intramolecular Hbond substituents is 2. The van der Waals surface area contributed by atoms with E-state index in [9.17, 15) is 19.8 Å². The molecule has 0 aliphatic heterocycles. The molecule has 0 fully saturated rings. The number of aliphatic carboxylic acids is 1. The van der Waals surface area contributed by atoms with Gasteiger partial charge < -0.3 is 20.6 Å². The Morgan fingerprint density at radius 1 is 1.25 bits per heavy atom. The van der Waals surface area contributed by atoms with Crippen molar-refractivity contribution in [1.29, 1.82) is 0 Å². The molecule has 1 rings (SSSR count). The fraction of sp³-hybridized carbons (Fsp3) is 0.429. The van der Waals surface area contributed by atoms with Crippen molar-refractivity contribution in [2.45, 2.75) is 26.2 Å². The fourth-order valence-electron chi connectivity index (χ4n) is 1.75. The molecular formula is C14H19NO5. The zero-order chi connectivity index (χ0) is 15.1. The van der Waals surface area contributed by atoms with Crippen LogP contribution in [0.15, 0.2) is 18.2 Å². The highest BCUT2D eigenvalue weighted by Crippen LogP contribution is 2.21. The quantitative estimate of drug-likeness (QED) is 0.569. The maximum atomic E-state index is 11.8. The van der Waals surface area contributed by atoms with Crippen LogP contribution in [0, 0.1) is 5.92 Å². The molecule has 110 valence electrons. The van der Waals surface area contributed by atoms with Crippen molar-refractivity contribution >= 4 is 11.9 Å². The van der Waals surface area contributed by atoms with Crippen LogP contribution in [0.1, 0.15) is 36.5 Å². The lowest BCUT2D eigenvalue weighted by atomic mass is 10.0. The van der Waals surface area contributed by atoms with Gasteiger partial charge in [0.15, 0.2) is 0 Å². The molecule has 0 aliphatic carbocycles. The van der Waals surface area contributed by atoms with E-state index in [0.29, 0.717) is 19.4 Å². The summed E-state index contributed by atoms with van der Waals surface area (Å²) in [5, 5.41) is 30.0. The van der Waals surface area contributed by atoms with Crippen LogP contribution in [0.2, 0.25) is 0 Å². The molecule has 1 atom stereocenters. The molecule has 0 aliphatic rings. The number of carbonyl (C=O) groups excluding carboxylic acids is 1. The van der Waals surface area contributed by atoms with Gasteiger partial charge in [-0.1, -0.05) is 6.92 Å². The molecule has 20 heavy (non-hydrogen) atoms. The molecule has 1 amide bonds. The molecule has 0 spiro atoms. The van der Waals surface area contributed by atoms with Gasteiger partial charge in [0, 0.05) is 13.0 Å². The predicted octanol–water partition coefficient (Wildman–Crippen LogP) is 1.72. The van der Waals surface area contributed by atoms with Gasteiger partial charge in [-0.25, -0.2) is 0 Å². The van der Waals surface area contributed by atoms with Crippen molar-refractivity contribution in [3.63, 3.8) is 0 Å². The van der Waals surface area contributed by atoms with E-state index in [1.54, 1.807) is 0 Å². The van der Waals surface area contributed by atoms with E-state index < -0.39 is 11.9 Å². The first-order valence-electron chi connectivity index (χ1n) is 6.42. The van der Waals surface area contributed by atoms with E-state index in [4.69, 9.17) is 5.11 Å². The SMILES string of the molecule is CC(CCNC(=O)c1cc(O)ccc1O)CCC(=O)O. The number of carbonyl (C=O) groups is 2. The number of hydrogen-bond donors (Lipinski definition) is 4. The summed E-state index contributed by atoms with van der Waals surface area (Å²) in [6.45, 7) is 2.30. The number of nitrogens with one attached hydrogen (secondary N) is 1. The van der Waals surface area contributed by atoms with Crippen molar-refractivity contribution in [3.8, 4) is 11.5 Å². The summed E-state index contributed by atoms with van der Waals surface area (Å²) < 4.78 is 0. The van der Waals surface area contributed by atoms with Gasteiger partial charge in [0.1, 0.15) is 11.5 Å². The summed E-state index contributed by atoms with van der Waals surface area (Å²) in [7, 11) is 0. The minimum atomic E-state index is -0.828. The second-order valence-corrected chi connectivity index (χ2v) is 4.78. The molecule has 0 saturated carbocycles. The van der Waals surface area contributed by atoms with E-state index >= 15 is 0 Å². The maximum Gasteiger partial charge on any atom is 0.303 e. The molecule has 1 aromatic carbocycles. The number of carboxylic acid groups (broad SMARTS) is 1. The van der Waals surface area contributed by atoms with E-state index in [-0.39, 0.29) is 29.4 Å². The first kappa shape index (κ1) is 15.8. The Kier molecular flexibility index (Phi) is 5.83. The molecular weight excluding hydrogens is 262 g/mol. The highest BCUT2D eigenvalue weighted by Gasteiger charge is 2.12. The van der Waals surface area contributed by atoms with E-state index in [1.807, 2.05) is 6.92 Å². The molecule has 0 aromatic heterocycles. The minimum absolute atomic E-state index is 0.0168. The zero-order valence-electron chi connectivity index (χ0n) is 11.3. The summed E-state index contributed by atoms with van der Waals surface area (Å²) in [6.07, 6.45) is 1.32. The first-order chi connectivity index (χ1) is 9.40. The number of phenols is 2. The number of benzene rings is 1. The van der Waals surface area contributed by atoms with Crippen molar-refractivity contribution in [1.82, 2.24) is 5.32 Å². The number of carboxylic acids is 1. The summed E-state index contributed by atoms with van der Waals surface area (Å²) in [4.78, 5) is 22.2. The summed E-state index contributed by atoms with van der Waals surface area (Å²) in [5.41, 5.74) is 0.0168. The number of rotatable bonds is 7. The minimum Gasteiger partial charge on any atom is -0.508 e. The average molecular weight is 281 g/mol. The van der Waals surface area contributed by atoms with Gasteiger partial charge in [-0.3, -0.25) is 9.59 Å². The standard InChI is InChI=1S/C14H19NO5/c1-9(2-5-13(18)19)6-7-15-14(20)11-8-10(16)3-4-12(11)17/h3-4,8-9,16-17H,2,5-7H2,1H3,(H,15,20)(H,18,19). The number of aromatic hydroxyl groups is 2. The molecule has 4 N–H and O–H groups in total. The Hall–Kier alpha value is -2.24. The Morgan fingerprint density at radius 2 is 1.95 bits per heavy atom. The van der Waals surface area contributed by atoms with Crippen LogP contribution in [0.25, 0.3) is 0 Å². The lowest BCUT2D eigenvalue weighted by Gasteiger charge is -2.11. The zero-order valence-corrected chi connectivity index (χ0v) is 11.3. The van der Waals surface area contributed by atoms with Gasteiger partial charge in [-0.2, -0.15) is 0 Å². The predicted molar refractivity (Wildman–Crippen MR) is 72.8 cm³/mol. The first-order valence-corrected chi connectivity index (χ1v) is 6.42. The van der Waals surface area contributed by atoms with E-state index in [2.05, 4.69) is 5.32 Å². The van der Waals surface area contributed by atoms with Gasteiger partial charge in [0.05, 0.1) is 5.56 Å². The van der Waals surface area contributed by atoms with Gasteiger partial charge in [-0.15, -0.1) is 0 Å². The van der Waals surface area contributed by atoms with Gasteiger partial charge in [-0.05, 0) is 37.0 Å². The molecule has 0 bridgehead atoms. The molecule has 0 radical (unpaired) electrons. The van der Waals surface area contributed by atoms with Gasteiger partial charge >= 0.3 is 5.97 Å². The third kappa shape index (κ3) is 5.17. The van der Waals surface area contributed by atoms with Crippen LogP contribution in [0.5, 0.6) is 11.5 Å².